The van der Waals surface area contributed by atoms with Gasteiger partial charge in [-0.2, -0.15) is 14.3 Å². The molecule has 0 N–H and O–H groups in total. The number of rotatable bonds is 4. The third kappa shape index (κ3) is 2.48. The highest BCUT2D eigenvalue weighted by molar-refractivity contribution is 7.92. The summed E-state index contributed by atoms with van der Waals surface area (Å²) < 4.78 is 29.9. The van der Waals surface area contributed by atoms with Crippen molar-refractivity contribution in [3.63, 3.8) is 0 Å². The molecule has 1 aliphatic rings. The smallest absolute Gasteiger partial charge is 0.187 e. The van der Waals surface area contributed by atoms with Crippen LogP contribution in [-0.4, -0.2) is 23.8 Å². The number of imidazole rings is 1. The molecule has 0 amide bonds. The summed E-state index contributed by atoms with van der Waals surface area (Å²) in [6.07, 6.45) is 5.43. The predicted octanol–water partition coefficient (Wildman–Crippen LogP) is 4.66. The fourth-order valence-electron chi connectivity index (χ4n) is 3.19. The van der Waals surface area contributed by atoms with E-state index in [2.05, 4.69) is 15.2 Å². The molecule has 0 aliphatic heterocycles. The van der Waals surface area contributed by atoms with Crippen molar-refractivity contribution in [3.05, 3.63) is 60.3 Å². The zero-order chi connectivity index (χ0) is 17.7. The lowest BCUT2D eigenvalue weighted by molar-refractivity contribution is 0.628. The lowest BCUT2D eigenvalue weighted by Crippen LogP contribution is -1.97. The first-order chi connectivity index (χ1) is 12.7. The van der Waals surface area contributed by atoms with Gasteiger partial charge in [0.15, 0.2) is 18.0 Å². The third-order valence-electron chi connectivity index (χ3n) is 4.55. The zero-order valence-electron chi connectivity index (χ0n) is 13.5. The van der Waals surface area contributed by atoms with Crippen molar-refractivity contribution in [2.45, 2.75) is 18.8 Å². The number of hydrogen-bond acceptors (Lipinski definition) is 4. The maximum atomic E-state index is 13.6. The molecule has 5 nitrogen and oxygen atoms in total. The fraction of sp³-hybridized carbons (Fsp3) is 0.167. The summed E-state index contributed by atoms with van der Waals surface area (Å²) in [4.78, 5) is 4.21. The van der Waals surface area contributed by atoms with Gasteiger partial charge in [-0.05, 0) is 49.2 Å². The minimum atomic E-state index is -0.324. The van der Waals surface area contributed by atoms with Crippen LogP contribution >= 0.6 is 12.3 Å². The summed E-state index contributed by atoms with van der Waals surface area (Å²) in [5.74, 6) is -0.0646. The molecule has 3 heterocycles. The van der Waals surface area contributed by atoms with Crippen LogP contribution in [0, 0.1) is 5.82 Å². The van der Waals surface area contributed by atoms with Gasteiger partial charge in [0, 0.05) is 23.9 Å². The molecule has 1 fully saturated rings. The van der Waals surface area contributed by atoms with Crippen molar-refractivity contribution >= 4 is 18.0 Å². The zero-order valence-corrected chi connectivity index (χ0v) is 14.3. The van der Waals surface area contributed by atoms with E-state index >= 15 is 0 Å². The van der Waals surface area contributed by atoms with Gasteiger partial charge in [-0.3, -0.25) is 0 Å². The van der Waals surface area contributed by atoms with Crippen LogP contribution < -0.4 is 0 Å². The molecule has 4 aromatic rings. The van der Waals surface area contributed by atoms with Gasteiger partial charge in [0.1, 0.15) is 11.5 Å². The van der Waals surface area contributed by atoms with E-state index in [9.17, 15) is 8.28 Å². The molecule has 1 aliphatic carbocycles. The van der Waals surface area contributed by atoms with Crippen LogP contribution in [0.25, 0.3) is 28.2 Å². The summed E-state index contributed by atoms with van der Waals surface area (Å²) in [6.45, 7) is 0. The van der Waals surface area contributed by atoms with Crippen LogP contribution in [-0.2, 0) is 0 Å². The second-order valence-electron chi connectivity index (χ2n) is 6.28. The largest absolute Gasteiger partial charge is 0.236 e. The van der Waals surface area contributed by atoms with Gasteiger partial charge in [0.05, 0.1) is 17.0 Å². The molecule has 3 aromatic heterocycles. The van der Waals surface area contributed by atoms with Gasteiger partial charge < -0.3 is 0 Å². The Morgan fingerprint density at radius 1 is 1.04 bits per heavy atom. The Morgan fingerprint density at radius 2 is 1.85 bits per heavy atom. The number of benzene rings is 1. The molecule has 130 valence electrons. The maximum absolute atomic E-state index is 13.6. The van der Waals surface area contributed by atoms with Crippen LogP contribution in [0.5, 0.6) is 0 Å². The highest BCUT2D eigenvalue weighted by Crippen LogP contribution is 2.48. The summed E-state index contributed by atoms with van der Waals surface area (Å²) in [5.41, 5.74) is 4.37. The topological polar surface area (TPSA) is 48.0 Å². The molecular weight excluding hydrogens is 356 g/mol. The van der Waals surface area contributed by atoms with E-state index in [1.165, 1.54) is 16.2 Å². The van der Waals surface area contributed by atoms with E-state index in [1.54, 1.807) is 29.0 Å². The molecule has 1 saturated carbocycles. The summed E-state index contributed by atoms with van der Waals surface area (Å²) in [7, 11) is 0. The molecule has 26 heavy (non-hydrogen) atoms. The van der Waals surface area contributed by atoms with Crippen molar-refractivity contribution in [1.82, 2.24) is 23.8 Å². The minimum absolute atomic E-state index is 0.0811. The quantitative estimate of drug-likeness (QED) is 0.525. The maximum Gasteiger partial charge on any atom is 0.187 e. The van der Waals surface area contributed by atoms with Crippen LogP contribution in [0.2, 0.25) is 0 Å². The molecule has 8 heteroatoms. The standard InChI is InChI=1S/C18H13F2N5S/c19-13-5-3-11(4-6-13)17-16(18(12-1-2-12)25(23-17)26-20)14-7-8-15-21-9-10-24(15)22-14/h3-10,12H,1-2H2. The first kappa shape index (κ1) is 15.5. The Balaban J connectivity index is 1.77. The SMILES string of the molecule is FSn1nc(-c2ccc(F)cc2)c(-c2ccc3nccn3n2)c1C1CC1. The molecule has 0 spiro atoms. The average Bonchev–Trinajstić information content (AvgIpc) is 3.26. The molecule has 0 bridgehead atoms. The Morgan fingerprint density at radius 3 is 2.58 bits per heavy atom. The van der Waals surface area contributed by atoms with Gasteiger partial charge in [0.2, 0.25) is 0 Å². The molecule has 1 aromatic carbocycles. The summed E-state index contributed by atoms with van der Waals surface area (Å²) >= 11 is 0.0811. The summed E-state index contributed by atoms with van der Waals surface area (Å²) in [5, 5.41) is 9.07. The highest BCUT2D eigenvalue weighted by Gasteiger charge is 2.34. The van der Waals surface area contributed by atoms with Gasteiger partial charge in [0.25, 0.3) is 0 Å². The van der Waals surface area contributed by atoms with Gasteiger partial charge >= 0.3 is 0 Å². The Kier molecular flexibility index (Phi) is 3.53. The molecule has 0 unspecified atom stereocenters. The predicted molar refractivity (Wildman–Crippen MR) is 95.7 cm³/mol. The highest BCUT2D eigenvalue weighted by atomic mass is 32.2. The lowest BCUT2D eigenvalue weighted by atomic mass is 10.0. The average molecular weight is 369 g/mol. The number of aromatic nitrogens is 5. The molecule has 0 atom stereocenters. The van der Waals surface area contributed by atoms with E-state index in [0.29, 0.717) is 11.4 Å². The van der Waals surface area contributed by atoms with Crippen molar-refractivity contribution in [2.75, 3.05) is 0 Å². The number of fused-ring (bicyclic) bond motifs is 1. The first-order valence-corrected chi connectivity index (χ1v) is 8.90. The van der Waals surface area contributed by atoms with Crippen molar-refractivity contribution in [2.24, 2.45) is 0 Å². The van der Waals surface area contributed by atoms with Gasteiger partial charge in [-0.25, -0.2) is 13.9 Å². The Hall–Kier alpha value is -2.74. The second-order valence-corrected chi connectivity index (χ2v) is 6.76. The van der Waals surface area contributed by atoms with Crippen LogP contribution in [0.4, 0.5) is 8.28 Å². The van der Waals surface area contributed by atoms with Crippen LogP contribution in [0.15, 0.2) is 48.8 Å². The molecule has 0 saturated heterocycles. The van der Waals surface area contributed by atoms with Crippen LogP contribution in [0.3, 0.4) is 0 Å². The van der Waals surface area contributed by atoms with Crippen molar-refractivity contribution < 1.29 is 8.28 Å². The fourth-order valence-corrected chi connectivity index (χ4v) is 3.62. The van der Waals surface area contributed by atoms with E-state index in [0.717, 1.165) is 35.3 Å². The molecule has 5 rings (SSSR count). The Labute approximate surface area is 152 Å². The van der Waals surface area contributed by atoms with Crippen LogP contribution in [0.1, 0.15) is 24.5 Å². The van der Waals surface area contributed by atoms with Crippen molar-refractivity contribution in [1.29, 1.82) is 0 Å². The molecular formula is C18H13F2N5S. The van der Waals surface area contributed by atoms with E-state index in [4.69, 9.17) is 0 Å². The van der Waals surface area contributed by atoms with E-state index in [-0.39, 0.29) is 24.1 Å². The normalized spacial score (nSPS) is 14.2. The summed E-state index contributed by atoms with van der Waals surface area (Å²) in [6, 6.07) is 9.80. The molecule has 0 radical (unpaired) electrons. The third-order valence-corrected chi connectivity index (χ3v) is 4.96. The van der Waals surface area contributed by atoms with Gasteiger partial charge in [-0.1, -0.05) is 0 Å². The number of halogens is 2. The first-order valence-electron chi connectivity index (χ1n) is 8.23. The number of hydrogen-bond donors (Lipinski definition) is 0. The Bertz CT molecular complexity index is 1100. The number of nitrogens with zero attached hydrogens (tertiary/aromatic N) is 5. The minimum Gasteiger partial charge on any atom is -0.236 e. The second kappa shape index (κ2) is 5.91. The monoisotopic (exact) mass is 369 g/mol. The lowest BCUT2D eigenvalue weighted by Gasteiger charge is -2.06. The van der Waals surface area contributed by atoms with Gasteiger partial charge in [-0.15, -0.1) is 3.89 Å². The van der Waals surface area contributed by atoms with E-state index in [1.807, 2.05) is 12.1 Å². The van der Waals surface area contributed by atoms with E-state index < -0.39 is 0 Å². The van der Waals surface area contributed by atoms with Crippen molar-refractivity contribution in [3.8, 4) is 22.5 Å².